The number of hydrogen-bond acceptors (Lipinski definition) is 6. The van der Waals surface area contributed by atoms with Crippen molar-refractivity contribution in [3.05, 3.63) is 22.4 Å². The van der Waals surface area contributed by atoms with Crippen molar-refractivity contribution < 1.29 is 19.1 Å². The van der Waals surface area contributed by atoms with Crippen LogP contribution in [0, 0.1) is 0 Å². The molecule has 122 valence electrons. The molecule has 0 spiro atoms. The summed E-state index contributed by atoms with van der Waals surface area (Å²) in [5, 5.41) is 7.00. The van der Waals surface area contributed by atoms with E-state index in [1.165, 1.54) is 16.6 Å². The first kappa shape index (κ1) is 18.5. The average Bonchev–Trinajstić information content (AvgIpc) is 3.02. The van der Waals surface area contributed by atoms with E-state index >= 15 is 0 Å². The third kappa shape index (κ3) is 8.68. The molecule has 0 aliphatic rings. The minimum atomic E-state index is -0.483. The summed E-state index contributed by atoms with van der Waals surface area (Å²) in [6.07, 6.45) is 0.834. The number of nitrogens with one attached hydrogen (secondary N) is 2. The van der Waals surface area contributed by atoms with Gasteiger partial charge < -0.3 is 15.4 Å². The molecular weight excluding hydrogens is 324 g/mol. The Morgan fingerprint density at radius 1 is 1.27 bits per heavy atom. The highest BCUT2D eigenvalue weighted by Gasteiger charge is 2.09. The maximum absolute atomic E-state index is 11.5. The van der Waals surface area contributed by atoms with Crippen molar-refractivity contribution in [2.24, 2.45) is 0 Å². The van der Waals surface area contributed by atoms with E-state index in [1.54, 1.807) is 11.3 Å². The zero-order valence-electron chi connectivity index (χ0n) is 12.4. The highest BCUT2D eigenvalue weighted by Crippen LogP contribution is 2.16. The van der Waals surface area contributed by atoms with Gasteiger partial charge in [-0.15, -0.1) is 23.1 Å². The molecule has 1 rings (SSSR count). The molecule has 1 heterocycles. The Labute approximate surface area is 138 Å². The van der Waals surface area contributed by atoms with E-state index in [2.05, 4.69) is 10.6 Å². The molecule has 8 heteroatoms. The van der Waals surface area contributed by atoms with Gasteiger partial charge in [0.15, 0.2) is 6.61 Å². The van der Waals surface area contributed by atoms with Gasteiger partial charge in [-0.1, -0.05) is 13.0 Å². The molecular formula is C14H20N2O4S2. The van der Waals surface area contributed by atoms with E-state index < -0.39 is 11.9 Å². The van der Waals surface area contributed by atoms with E-state index in [-0.39, 0.29) is 24.8 Å². The van der Waals surface area contributed by atoms with E-state index in [0.29, 0.717) is 6.54 Å². The molecule has 0 saturated heterocycles. The standard InChI is InChI=1S/C14H20N2O4S2/c1-2-5-15-12(17)7-16-13(18)8-20-14(19)10-21-9-11-4-3-6-22-11/h3-4,6H,2,5,7-10H2,1H3,(H,15,17)(H,16,18). The number of thiophene rings is 1. The van der Waals surface area contributed by atoms with Crippen LogP contribution in [0.5, 0.6) is 0 Å². The van der Waals surface area contributed by atoms with Gasteiger partial charge in [-0.05, 0) is 17.9 Å². The molecule has 0 aliphatic heterocycles. The molecule has 1 aromatic rings. The van der Waals surface area contributed by atoms with Crippen LogP contribution in [0.1, 0.15) is 18.2 Å². The predicted octanol–water partition coefficient (Wildman–Crippen LogP) is 1.17. The highest BCUT2D eigenvalue weighted by molar-refractivity contribution is 7.99. The first-order valence-corrected chi connectivity index (χ1v) is 8.94. The summed E-state index contributed by atoms with van der Waals surface area (Å²) in [6.45, 7) is 2.04. The lowest BCUT2D eigenvalue weighted by molar-refractivity contribution is -0.146. The summed E-state index contributed by atoms with van der Waals surface area (Å²) < 4.78 is 4.84. The Balaban J connectivity index is 2.05. The van der Waals surface area contributed by atoms with Crippen LogP contribution in [0.2, 0.25) is 0 Å². The Morgan fingerprint density at radius 3 is 2.77 bits per heavy atom. The Hall–Kier alpha value is -1.54. The van der Waals surface area contributed by atoms with Crippen LogP contribution in [0.4, 0.5) is 0 Å². The zero-order chi connectivity index (χ0) is 16.2. The highest BCUT2D eigenvalue weighted by atomic mass is 32.2. The number of thioether (sulfide) groups is 1. The maximum Gasteiger partial charge on any atom is 0.316 e. The SMILES string of the molecule is CCCNC(=O)CNC(=O)COC(=O)CSCc1cccs1. The third-order valence-electron chi connectivity index (χ3n) is 2.43. The van der Waals surface area contributed by atoms with Crippen LogP contribution in [0.25, 0.3) is 0 Å². The molecule has 6 nitrogen and oxygen atoms in total. The molecule has 2 N–H and O–H groups in total. The summed E-state index contributed by atoms with van der Waals surface area (Å²) >= 11 is 3.07. The Bertz CT molecular complexity index is 477. The molecule has 0 unspecified atom stereocenters. The summed E-state index contributed by atoms with van der Waals surface area (Å²) in [7, 11) is 0. The number of amides is 2. The van der Waals surface area contributed by atoms with Crippen LogP contribution >= 0.6 is 23.1 Å². The maximum atomic E-state index is 11.5. The van der Waals surface area contributed by atoms with Crippen LogP contribution < -0.4 is 10.6 Å². The number of esters is 1. The van der Waals surface area contributed by atoms with Crippen molar-refractivity contribution in [3.63, 3.8) is 0 Å². The lowest BCUT2D eigenvalue weighted by atomic mass is 10.4. The van der Waals surface area contributed by atoms with Crippen molar-refractivity contribution in [2.75, 3.05) is 25.4 Å². The van der Waals surface area contributed by atoms with Crippen LogP contribution in [-0.4, -0.2) is 43.2 Å². The third-order valence-corrected chi connectivity index (χ3v) is 4.44. The summed E-state index contributed by atoms with van der Waals surface area (Å²) in [5.41, 5.74) is 0. The molecule has 22 heavy (non-hydrogen) atoms. The van der Waals surface area contributed by atoms with Gasteiger partial charge in [0.05, 0.1) is 12.3 Å². The van der Waals surface area contributed by atoms with Gasteiger partial charge in [-0.2, -0.15) is 0 Å². The van der Waals surface area contributed by atoms with Gasteiger partial charge in [0.2, 0.25) is 5.91 Å². The number of rotatable bonds is 10. The first-order chi connectivity index (χ1) is 10.6. The molecule has 0 saturated carbocycles. The molecule has 0 fully saturated rings. The number of carbonyl (C=O) groups is 3. The van der Waals surface area contributed by atoms with E-state index in [1.807, 2.05) is 24.4 Å². The predicted molar refractivity (Wildman–Crippen MR) is 87.8 cm³/mol. The molecule has 1 aromatic heterocycles. The Kier molecular flexibility index (Phi) is 9.33. The minimum absolute atomic E-state index is 0.108. The van der Waals surface area contributed by atoms with Gasteiger partial charge in [-0.3, -0.25) is 14.4 Å². The smallest absolute Gasteiger partial charge is 0.316 e. The van der Waals surface area contributed by atoms with Gasteiger partial charge in [-0.25, -0.2) is 0 Å². The average molecular weight is 344 g/mol. The quantitative estimate of drug-likeness (QED) is 0.623. The van der Waals surface area contributed by atoms with Crippen molar-refractivity contribution in [1.82, 2.24) is 10.6 Å². The second kappa shape index (κ2) is 11.1. The van der Waals surface area contributed by atoms with Crippen molar-refractivity contribution >= 4 is 40.9 Å². The summed E-state index contributed by atoms with van der Waals surface area (Å²) in [6, 6.07) is 3.96. The number of carbonyl (C=O) groups excluding carboxylic acids is 3. The van der Waals surface area contributed by atoms with Crippen molar-refractivity contribution in [1.29, 1.82) is 0 Å². The van der Waals surface area contributed by atoms with Gasteiger partial charge in [0.1, 0.15) is 0 Å². The second-order valence-corrected chi connectivity index (χ2v) is 6.38. The fourth-order valence-electron chi connectivity index (χ4n) is 1.37. The van der Waals surface area contributed by atoms with Crippen molar-refractivity contribution in [2.45, 2.75) is 19.1 Å². The topological polar surface area (TPSA) is 84.5 Å². The zero-order valence-corrected chi connectivity index (χ0v) is 14.1. The lowest BCUT2D eigenvalue weighted by Crippen LogP contribution is -2.39. The minimum Gasteiger partial charge on any atom is -0.455 e. The molecule has 0 radical (unpaired) electrons. The van der Waals surface area contributed by atoms with Gasteiger partial charge in [0.25, 0.3) is 5.91 Å². The van der Waals surface area contributed by atoms with Crippen molar-refractivity contribution in [3.8, 4) is 0 Å². The van der Waals surface area contributed by atoms with E-state index in [9.17, 15) is 14.4 Å². The second-order valence-electron chi connectivity index (χ2n) is 4.36. The fraction of sp³-hybridized carbons (Fsp3) is 0.500. The van der Waals surface area contributed by atoms with Crippen LogP contribution in [-0.2, 0) is 24.9 Å². The molecule has 0 bridgehead atoms. The largest absolute Gasteiger partial charge is 0.455 e. The molecule has 0 aliphatic carbocycles. The summed E-state index contributed by atoms with van der Waals surface area (Å²) in [4.78, 5) is 35.3. The number of hydrogen-bond donors (Lipinski definition) is 2. The van der Waals surface area contributed by atoms with Gasteiger partial charge in [0, 0.05) is 17.2 Å². The fourth-order valence-corrected chi connectivity index (χ4v) is 3.03. The monoisotopic (exact) mass is 344 g/mol. The lowest BCUT2D eigenvalue weighted by Gasteiger charge is -2.07. The molecule has 2 amide bonds. The normalized spacial score (nSPS) is 10.0. The number of ether oxygens (including phenoxy) is 1. The molecule has 0 atom stereocenters. The van der Waals surface area contributed by atoms with Gasteiger partial charge >= 0.3 is 5.97 Å². The first-order valence-electron chi connectivity index (χ1n) is 6.91. The Morgan fingerprint density at radius 2 is 2.09 bits per heavy atom. The molecule has 0 aromatic carbocycles. The van der Waals surface area contributed by atoms with E-state index in [4.69, 9.17) is 4.74 Å². The van der Waals surface area contributed by atoms with Crippen LogP contribution in [0.15, 0.2) is 17.5 Å². The summed E-state index contributed by atoms with van der Waals surface area (Å²) in [5.74, 6) is -0.234. The van der Waals surface area contributed by atoms with E-state index in [0.717, 1.165) is 12.2 Å². The van der Waals surface area contributed by atoms with Crippen LogP contribution in [0.3, 0.4) is 0 Å².